The molecule has 3 aromatic heterocycles. The molecule has 0 aliphatic rings. The van der Waals surface area contributed by atoms with Crippen molar-refractivity contribution in [2.24, 2.45) is 5.92 Å². The molecule has 2 amide bonds. The number of nitrogens with one attached hydrogen (secondary N) is 2. The Morgan fingerprint density at radius 1 is 1.05 bits per heavy atom. The average Bonchev–Trinajstić information content (AvgIpc) is 3.50. The molecule has 42 heavy (non-hydrogen) atoms. The quantitative estimate of drug-likeness (QED) is 0.265. The second-order valence-electron chi connectivity index (χ2n) is 10.2. The zero-order valence-electron chi connectivity index (χ0n) is 23.7. The van der Waals surface area contributed by atoms with E-state index in [1.54, 1.807) is 64.2 Å². The highest BCUT2D eigenvalue weighted by Crippen LogP contribution is 2.28. The van der Waals surface area contributed by atoms with E-state index in [1.165, 1.54) is 18.6 Å². The summed E-state index contributed by atoms with van der Waals surface area (Å²) >= 11 is 0. The number of ether oxygens (including phenoxy) is 1. The van der Waals surface area contributed by atoms with Gasteiger partial charge in [-0.3, -0.25) is 34.2 Å². The Kier molecular flexibility index (Phi) is 8.84. The summed E-state index contributed by atoms with van der Waals surface area (Å²) in [7, 11) is 1.15. The topological polar surface area (TPSA) is 184 Å². The number of aromatic nitrogens is 6. The summed E-state index contributed by atoms with van der Waals surface area (Å²) in [4.78, 5) is 64.4. The molecule has 4 rings (SSSR count). The summed E-state index contributed by atoms with van der Waals surface area (Å²) < 4.78 is 11.4. The third-order valence-electron chi connectivity index (χ3n) is 6.44. The summed E-state index contributed by atoms with van der Waals surface area (Å²) in [5, 5.41) is 13.0. The Labute approximate surface area is 240 Å². The van der Waals surface area contributed by atoms with E-state index in [2.05, 4.69) is 40.5 Å². The van der Waals surface area contributed by atoms with Crippen LogP contribution < -0.4 is 16.2 Å². The van der Waals surface area contributed by atoms with Crippen LogP contribution in [0.25, 0.3) is 11.4 Å². The molecule has 0 fully saturated rings. The van der Waals surface area contributed by atoms with Crippen molar-refractivity contribution in [3.8, 4) is 11.4 Å². The van der Waals surface area contributed by atoms with Crippen LogP contribution in [0.2, 0.25) is 0 Å². The molecule has 3 heterocycles. The fourth-order valence-electron chi connectivity index (χ4n) is 4.04. The molecule has 218 valence electrons. The van der Waals surface area contributed by atoms with Gasteiger partial charge in [0.2, 0.25) is 17.6 Å². The number of hydrogen-bond donors (Lipinski definition) is 2. The van der Waals surface area contributed by atoms with Crippen molar-refractivity contribution < 1.29 is 23.5 Å². The number of hydrogen-bond acceptors (Lipinski definition) is 11. The number of benzene rings is 1. The lowest BCUT2D eigenvalue weighted by molar-refractivity contribution is -0.122. The van der Waals surface area contributed by atoms with Crippen molar-refractivity contribution >= 4 is 23.5 Å². The molecular formula is C28H30N8O6. The SMILES string of the molecule is COC(=O)Nc1cnc(-c2ccccc2)n(CC(=O)N[C@H](C(=O)c2nnc(C(C)(C)c3cnccn3)o2)C(C)C)c1=O. The van der Waals surface area contributed by atoms with Gasteiger partial charge in [-0.05, 0) is 19.8 Å². The van der Waals surface area contributed by atoms with Crippen LogP contribution in [0.15, 0.2) is 64.3 Å². The van der Waals surface area contributed by atoms with Gasteiger partial charge in [-0.25, -0.2) is 9.78 Å². The van der Waals surface area contributed by atoms with Gasteiger partial charge in [-0.2, -0.15) is 0 Å². The Morgan fingerprint density at radius 2 is 1.79 bits per heavy atom. The first-order chi connectivity index (χ1) is 20.0. The van der Waals surface area contributed by atoms with Gasteiger partial charge in [0.15, 0.2) is 0 Å². The van der Waals surface area contributed by atoms with Gasteiger partial charge in [0, 0.05) is 24.2 Å². The Hall–Kier alpha value is -5.27. The van der Waals surface area contributed by atoms with Gasteiger partial charge in [-0.15, -0.1) is 10.2 Å². The molecule has 14 nitrogen and oxygen atoms in total. The number of anilines is 1. The molecule has 0 bridgehead atoms. The number of carbonyl (C=O) groups excluding carboxylic acids is 3. The average molecular weight is 575 g/mol. The van der Waals surface area contributed by atoms with E-state index in [9.17, 15) is 19.2 Å². The van der Waals surface area contributed by atoms with Crippen molar-refractivity contribution in [2.75, 3.05) is 12.4 Å². The van der Waals surface area contributed by atoms with Crippen LogP contribution in [0.3, 0.4) is 0 Å². The van der Waals surface area contributed by atoms with E-state index in [0.717, 1.165) is 11.7 Å². The fourth-order valence-corrected chi connectivity index (χ4v) is 4.04. The molecule has 0 saturated carbocycles. The van der Waals surface area contributed by atoms with Gasteiger partial charge < -0.3 is 14.5 Å². The lowest BCUT2D eigenvalue weighted by atomic mass is 9.89. The first-order valence-electron chi connectivity index (χ1n) is 13.0. The molecule has 4 aromatic rings. The number of Topliss-reactive ketones (excluding diaryl/α,β-unsaturated/α-hetero) is 1. The van der Waals surface area contributed by atoms with E-state index < -0.39 is 41.3 Å². The Morgan fingerprint density at radius 3 is 2.43 bits per heavy atom. The molecule has 0 saturated heterocycles. The molecule has 0 unspecified atom stereocenters. The van der Waals surface area contributed by atoms with Gasteiger partial charge in [0.1, 0.15) is 18.1 Å². The first-order valence-corrected chi connectivity index (χ1v) is 13.0. The van der Waals surface area contributed by atoms with Crippen molar-refractivity contribution in [2.45, 2.75) is 45.7 Å². The smallest absolute Gasteiger partial charge is 0.411 e. The van der Waals surface area contributed by atoms with Crippen LogP contribution in [0.4, 0.5) is 10.5 Å². The minimum atomic E-state index is -1.05. The van der Waals surface area contributed by atoms with Crippen LogP contribution in [0, 0.1) is 5.92 Å². The maximum Gasteiger partial charge on any atom is 0.411 e. The number of carbonyl (C=O) groups is 3. The maximum atomic E-state index is 13.4. The van der Waals surface area contributed by atoms with E-state index in [-0.39, 0.29) is 29.2 Å². The van der Waals surface area contributed by atoms with Crippen LogP contribution in [-0.4, -0.2) is 60.7 Å². The van der Waals surface area contributed by atoms with Gasteiger partial charge >= 0.3 is 6.09 Å². The van der Waals surface area contributed by atoms with E-state index >= 15 is 0 Å². The lowest BCUT2D eigenvalue weighted by Gasteiger charge is -2.21. The van der Waals surface area contributed by atoms with Crippen LogP contribution >= 0.6 is 0 Å². The summed E-state index contributed by atoms with van der Waals surface area (Å²) in [5.41, 5.74) is -0.576. The second kappa shape index (κ2) is 12.5. The van der Waals surface area contributed by atoms with Crippen LogP contribution in [0.5, 0.6) is 0 Å². The Bertz CT molecular complexity index is 1630. The highest BCUT2D eigenvalue weighted by Gasteiger charge is 2.35. The van der Waals surface area contributed by atoms with Crippen molar-refractivity contribution in [1.29, 1.82) is 0 Å². The van der Waals surface area contributed by atoms with E-state index in [4.69, 9.17) is 4.42 Å². The second-order valence-corrected chi connectivity index (χ2v) is 10.2. The molecule has 0 aliphatic heterocycles. The number of rotatable bonds is 10. The molecule has 0 spiro atoms. The van der Waals surface area contributed by atoms with Crippen LogP contribution in [0.1, 0.15) is 50.0 Å². The molecule has 0 aliphatic carbocycles. The van der Waals surface area contributed by atoms with E-state index in [1.807, 2.05) is 0 Å². The maximum absolute atomic E-state index is 13.4. The molecule has 1 aromatic carbocycles. The lowest BCUT2D eigenvalue weighted by Crippen LogP contribution is -2.46. The summed E-state index contributed by atoms with van der Waals surface area (Å²) in [6, 6.07) is 7.70. The normalized spacial score (nSPS) is 12.0. The summed E-state index contributed by atoms with van der Waals surface area (Å²) in [6.45, 7) is 6.60. The molecule has 14 heteroatoms. The molecule has 0 radical (unpaired) electrons. The Balaban J connectivity index is 1.60. The zero-order chi connectivity index (χ0) is 30.4. The first kappa shape index (κ1) is 29.7. The van der Waals surface area contributed by atoms with Gasteiger partial charge in [0.25, 0.3) is 11.4 Å². The molecule has 2 N–H and O–H groups in total. The van der Waals surface area contributed by atoms with Crippen molar-refractivity contribution in [1.82, 2.24) is 35.0 Å². The summed E-state index contributed by atoms with van der Waals surface area (Å²) in [6.07, 6.45) is 4.96. The summed E-state index contributed by atoms with van der Waals surface area (Å²) in [5.74, 6) is -1.57. The highest BCUT2D eigenvalue weighted by atomic mass is 16.5. The van der Waals surface area contributed by atoms with Gasteiger partial charge in [-0.1, -0.05) is 44.2 Å². The third kappa shape index (κ3) is 6.37. The molecular weight excluding hydrogens is 544 g/mol. The predicted octanol–water partition coefficient (Wildman–Crippen LogP) is 2.61. The fraction of sp³-hybridized carbons (Fsp3) is 0.321. The number of ketones is 1. The minimum Gasteiger partial charge on any atom is -0.453 e. The minimum absolute atomic E-state index is 0.153. The third-order valence-corrected chi connectivity index (χ3v) is 6.44. The standard InChI is InChI=1S/C28H30N8O6/c1-16(2)21(22(38)24-34-35-26(42-24)28(3,4)19-14-29-11-12-30-19)33-20(37)15-36-23(17-9-7-6-8-10-17)31-13-18(25(36)39)32-27(40)41-5/h6-14,16,21H,15H2,1-5H3,(H,32,40)(H,33,37)/t21-/m0/s1. The van der Waals surface area contributed by atoms with Crippen LogP contribution in [-0.2, 0) is 21.5 Å². The molecule has 1 atom stereocenters. The monoisotopic (exact) mass is 574 g/mol. The number of methoxy groups -OCH3 is 1. The van der Waals surface area contributed by atoms with Crippen molar-refractivity contribution in [3.05, 3.63) is 82.9 Å². The largest absolute Gasteiger partial charge is 0.453 e. The highest BCUT2D eigenvalue weighted by molar-refractivity contribution is 5.98. The predicted molar refractivity (Wildman–Crippen MR) is 150 cm³/mol. The number of nitrogens with zero attached hydrogens (tertiary/aromatic N) is 6. The van der Waals surface area contributed by atoms with Crippen molar-refractivity contribution in [3.63, 3.8) is 0 Å². The number of amides is 2. The zero-order valence-corrected chi connectivity index (χ0v) is 23.7. The van der Waals surface area contributed by atoms with Gasteiger partial charge in [0.05, 0.1) is 30.5 Å². The van der Waals surface area contributed by atoms with E-state index in [0.29, 0.717) is 11.3 Å².